The summed E-state index contributed by atoms with van der Waals surface area (Å²) in [6, 6.07) is 0.415. The SMILES string of the molecule is CCC(NN)/C1=C/CCCCCC1. The van der Waals surface area contributed by atoms with Crippen LogP contribution in [-0.2, 0) is 0 Å². The maximum Gasteiger partial charge on any atom is 0.0417 e. The smallest absolute Gasteiger partial charge is 0.0417 e. The van der Waals surface area contributed by atoms with E-state index >= 15 is 0 Å². The molecule has 0 heterocycles. The molecule has 0 aromatic heterocycles. The van der Waals surface area contributed by atoms with E-state index in [0.29, 0.717) is 6.04 Å². The highest BCUT2D eigenvalue weighted by atomic mass is 15.2. The number of hydrazine groups is 1. The van der Waals surface area contributed by atoms with Crippen LogP contribution in [0.15, 0.2) is 11.6 Å². The summed E-state index contributed by atoms with van der Waals surface area (Å²) in [5, 5.41) is 0. The van der Waals surface area contributed by atoms with Gasteiger partial charge in [0.15, 0.2) is 0 Å². The number of nitrogens with two attached hydrogens (primary N) is 1. The summed E-state index contributed by atoms with van der Waals surface area (Å²) in [5.41, 5.74) is 4.43. The Balaban J connectivity index is 2.51. The van der Waals surface area contributed by atoms with E-state index in [0.717, 1.165) is 6.42 Å². The third-order valence-corrected chi connectivity index (χ3v) is 2.88. The van der Waals surface area contributed by atoms with Gasteiger partial charge in [-0.2, -0.15) is 0 Å². The van der Waals surface area contributed by atoms with Crippen LogP contribution in [-0.4, -0.2) is 6.04 Å². The van der Waals surface area contributed by atoms with Crippen LogP contribution in [0.5, 0.6) is 0 Å². The fourth-order valence-electron chi connectivity index (χ4n) is 2.02. The maximum absolute atomic E-state index is 5.51. The van der Waals surface area contributed by atoms with E-state index < -0.39 is 0 Å². The Morgan fingerprint density at radius 2 is 2.15 bits per heavy atom. The zero-order chi connectivity index (χ0) is 9.52. The Labute approximate surface area is 81.6 Å². The fraction of sp³-hybridized carbons (Fsp3) is 0.818. The molecular formula is C11H22N2. The lowest BCUT2D eigenvalue weighted by molar-refractivity contribution is 0.529. The maximum atomic E-state index is 5.51. The Hall–Kier alpha value is -0.340. The van der Waals surface area contributed by atoms with Crippen molar-refractivity contribution in [3.63, 3.8) is 0 Å². The summed E-state index contributed by atoms with van der Waals surface area (Å²) in [4.78, 5) is 0. The molecule has 0 aromatic rings. The van der Waals surface area contributed by atoms with Crippen molar-refractivity contribution in [3.8, 4) is 0 Å². The molecule has 0 fully saturated rings. The third-order valence-electron chi connectivity index (χ3n) is 2.88. The van der Waals surface area contributed by atoms with Gasteiger partial charge in [-0.3, -0.25) is 11.3 Å². The Morgan fingerprint density at radius 1 is 1.38 bits per heavy atom. The molecule has 0 saturated carbocycles. The van der Waals surface area contributed by atoms with Crippen molar-refractivity contribution in [2.45, 2.75) is 57.9 Å². The lowest BCUT2D eigenvalue weighted by atomic mass is 9.94. The van der Waals surface area contributed by atoms with Crippen LogP contribution < -0.4 is 11.3 Å². The minimum Gasteiger partial charge on any atom is -0.271 e. The lowest BCUT2D eigenvalue weighted by Crippen LogP contribution is -2.36. The summed E-state index contributed by atoms with van der Waals surface area (Å²) in [5.74, 6) is 5.51. The van der Waals surface area contributed by atoms with E-state index in [1.165, 1.54) is 44.1 Å². The average molecular weight is 182 g/mol. The molecule has 0 radical (unpaired) electrons. The number of nitrogens with one attached hydrogen (secondary N) is 1. The highest BCUT2D eigenvalue weighted by Gasteiger charge is 2.10. The van der Waals surface area contributed by atoms with Gasteiger partial charge in [-0.05, 0) is 32.1 Å². The minimum atomic E-state index is 0.415. The van der Waals surface area contributed by atoms with Crippen LogP contribution >= 0.6 is 0 Å². The number of rotatable bonds is 3. The summed E-state index contributed by atoms with van der Waals surface area (Å²) < 4.78 is 0. The van der Waals surface area contributed by atoms with Crippen molar-refractivity contribution in [2.75, 3.05) is 0 Å². The first-order valence-electron chi connectivity index (χ1n) is 5.53. The zero-order valence-electron chi connectivity index (χ0n) is 8.68. The Morgan fingerprint density at radius 3 is 2.85 bits per heavy atom. The first-order valence-corrected chi connectivity index (χ1v) is 5.53. The van der Waals surface area contributed by atoms with Gasteiger partial charge in [0.2, 0.25) is 0 Å². The van der Waals surface area contributed by atoms with Gasteiger partial charge < -0.3 is 0 Å². The molecule has 1 aliphatic rings. The Bertz CT molecular complexity index is 159. The van der Waals surface area contributed by atoms with Crippen LogP contribution in [0.3, 0.4) is 0 Å². The lowest BCUT2D eigenvalue weighted by Gasteiger charge is -2.19. The van der Waals surface area contributed by atoms with Crippen molar-refractivity contribution in [2.24, 2.45) is 5.84 Å². The van der Waals surface area contributed by atoms with Gasteiger partial charge in [0.25, 0.3) is 0 Å². The van der Waals surface area contributed by atoms with Gasteiger partial charge in [0, 0.05) is 6.04 Å². The molecule has 0 aromatic carbocycles. The molecule has 13 heavy (non-hydrogen) atoms. The normalized spacial score (nSPS) is 25.5. The third kappa shape index (κ3) is 3.49. The minimum absolute atomic E-state index is 0.415. The van der Waals surface area contributed by atoms with Crippen LogP contribution in [0.1, 0.15) is 51.9 Å². The first-order chi connectivity index (χ1) is 6.38. The van der Waals surface area contributed by atoms with Gasteiger partial charge in [0.1, 0.15) is 0 Å². The molecule has 2 heteroatoms. The largest absolute Gasteiger partial charge is 0.271 e. The molecule has 0 bridgehead atoms. The highest BCUT2D eigenvalue weighted by molar-refractivity contribution is 5.10. The number of allylic oxidation sites excluding steroid dienone is 1. The molecular weight excluding hydrogens is 160 g/mol. The van der Waals surface area contributed by atoms with Gasteiger partial charge in [0.05, 0.1) is 0 Å². The van der Waals surface area contributed by atoms with Gasteiger partial charge in [-0.25, -0.2) is 0 Å². The van der Waals surface area contributed by atoms with Crippen LogP contribution in [0, 0.1) is 0 Å². The quantitative estimate of drug-likeness (QED) is 0.400. The van der Waals surface area contributed by atoms with Gasteiger partial charge >= 0.3 is 0 Å². The molecule has 0 amide bonds. The number of hydrogen-bond donors (Lipinski definition) is 2. The van der Waals surface area contributed by atoms with E-state index in [2.05, 4.69) is 18.4 Å². The standard InChI is InChI=1S/C11H22N2/c1-2-11(13-12)10-8-6-4-3-5-7-9-10/h8,11,13H,2-7,9,12H2,1H3/b10-8+. The van der Waals surface area contributed by atoms with Crippen LogP contribution in [0.25, 0.3) is 0 Å². The number of hydrogen-bond acceptors (Lipinski definition) is 2. The van der Waals surface area contributed by atoms with E-state index in [-0.39, 0.29) is 0 Å². The van der Waals surface area contributed by atoms with E-state index in [4.69, 9.17) is 5.84 Å². The van der Waals surface area contributed by atoms with E-state index in [1.807, 2.05) is 0 Å². The molecule has 2 nitrogen and oxygen atoms in total. The monoisotopic (exact) mass is 182 g/mol. The van der Waals surface area contributed by atoms with Crippen LogP contribution in [0.4, 0.5) is 0 Å². The predicted molar refractivity (Wildman–Crippen MR) is 57.2 cm³/mol. The Kier molecular flexibility index (Phi) is 5.09. The molecule has 76 valence electrons. The van der Waals surface area contributed by atoms with Gasteiger partial charge in [-0.1, -0.05) is 31.4 Å². The average Bonchev–Trinajstić information content (AvgIpc) is 2.09. The second-order valence-electron chi connectivity index (χ2n) is 3.86. The molecule has 1 unspecified atom stereocenters. The first kappa shape index (κ1) is 10.7. The predicted octanol–water partition coefficient (Wildman–Crippen LogP) is 2.51. The zero-order valence-corrected chi connectivity index (χ0v) is 8.68. The molecule has 1 rings (SSSR count). The summed E-state index contributed by atoms with van der Waals surface area (Å²) in [7, 11) is 0. The van der Waals surface area contributed by atoms with E-state index in [9.17, 15) is 0 Å². The van der Waals surface area contributed by atoms with Crippen molar-refractivity contribution in [1.29, 1.82) is 0 Å². The summed E-state index contributed by atoms with van der Waals surface area (Å²) in [6.45, 7) is 2.18. The molecule has 3 N–H and O–H groups in total. The fourth-order valence-corrected chi connectivity index (χ4v) is 2.02. The molecule has 1 aliphatic carbocycles. The van der Waals surface area contributed by atoms with Crippen molar-refractivity contribution in [1.82, 2.24) is 5.43 Å². The second-order valence-corrected chi connectivity index (χ2v) is 3.86. The molecule has 0 aliphatic heterocycles. The second kappa shape index (κ2) is 6.17. The van der Waals surface area contributed by atoms with Gasteiger partial charge in [-0.15, -0.1) is 0 Å². The summed E-state index contributed by atoms with van der Waals surface area (Å²) in [6.07, 6.45) is 11.5. The molecule has 0 spiro atoms. The molecule has 1 atom stereocenters. The van der Waals surface area contributed by atoms with Crippen LogP contribution in [0.2, 0.25) is 0 Å². The van der Waals surface area contributed by atoms with Crippen molar-refractivity contribution in [3.05, 3.63) is 11.6 Å². The topological polar surface area (TPSA) is 38.0 Å². The van der Waals surface area contributed by atoms with Crippen molar-refractivity contribution >= 4 is 0 Å². The summed E-state index contributed by atoms with van der Waals surface area (Å²) >= 11 is 0. The molecule has 0 saturated heterocycles. The van der Waals surface area contributed by atoms with E-state index in [1.54, 1.807) is 0 Å². The van der Waals surface area contributed by atoms with Crippen molar-refractivity contribution < 1.29 is 0 Å². The highest BCUT2D eigenvalue weighted by Crippen LogP contribution is 2.20.